The molecule has 0 heterocycles. The lowest BCUT2D eigenvalue weighted by molar-refractivity contribution is -0.124. The van der Waals surface area contributed by atoms with Crippen LogP contribution in [0.1, 0.15) is 51.0 Å². The topological polar surface area (TPSA) is 49.3 Å². The lowest BCUT2D eigenvalue weighted by Gasteiger charge is -2.26. The molecule has 0 radical (unpaired) electrons. The first-order valence-electron chi connectivity index (χ1n) is 7.67. The maximum atomic E-state index is 12.5. The standard InChI is InChI=1S/C17H24ClNO2/c1-12(2)15(13-5-7-14(18)8-6-13)16(20)19-11-17(21)9-3-4-10-17/h5-8,12,15,21H,3-4,9-11H2,1-2H3,(H,19,20). The second-order valence-corrected chi connectivity index (χ2v) is 6.86. The van der Waals surface area contributed by atoms with Crippen LogP contribution in [0.25, 0.3) is 0 Å². The minimum Gasteiger partial charge on any atom is -0.388 e. The first-order chi connectivity index (χ1) is 9.91. The summed E-state index contributed by atoms with van der Waals surface area (Å²) in [6, 6.07) is 7.42. The highest BCUT2D eigenvalue weighted by Crippen LogP contribution is 2.30. The Kier molecular flexibility index (Phi) is 5.28. The minimum absolute atomic E-state index is 0.0207. The summed E-state index contributed by atoms with van der Waals surface area (Å²) in [4.78, 5) is 12.5. The fourth-order valence-corrected chi connectivity index (χ4v) is 3.21. The Balaban J connectivity index is 2.04. The van der Waals surface area contributed by atoms with Crippen molar-refractivity contribution in [1.82, 2.24) is 5.32 Å². The van der Waals surface area contributed by atoms with Gasteiger partial charge in [0.25, 0.3) is 0 Å². The first-order valence-corrected chi connectivity index (χ1v) is 8.05. The molecular formula is C17H24ClNO2. The highest BCUT2D eigenvalue weighted by atomic mass is 35.5. The molecule has 1 aromatic rings. The van der Waals surface area contributed by atoms with Gasteiger partial charge in [0.2, 0.25) is 5.91 Å². The number of halogens is 1. The SMILES string of the molecule is CC(C)C(C(=O)NCC1(O)CCCC1)c1ccc(Cl)cc1. The van der Waals surface area contributed by atoms with Crippen LogP contribution in [-0.2, 0) is 4.79 Å². The van der Waals surface area contributed by atoms with E-state index in [1.807, 2.05) is 38.1 Å². The Morgan fingerprint density at radius 3 is 2.38 bits per heavy atom. The van der Waals surface area contributed by atoms with Crippen molar-refractivity contribution in [2.45, 2.75) is 51.0 Å². The number of hydrogen-bond acceptors (Lipinski definition) is 2. The average Bonchev–Trinajstić information content (AvgIpc) is 2.86. The van der Waals surface area contributed by atoms with E-state index in [4.69, 9.17) is 11.6 Å². The van der Waals surface area contributed by atoms with Gasteiger partial charge in [0.1, 0.15) is 0 Å². The number of hydrogen-bond donors (Lipinski definition) is 2. The molecule has 0 aromatic heterocycles. The third-order valence-corrected chi connectivity index (χ3v) is 4.56. The molecule has 0 saturated heterocycles. The molecule has 2 N–H and O–H groups in total. The minimum atomic E-state index is -0.711. The second kappa shape index (κ2) is 6.80. The van der Waals surface area contributed by atoms with Crippen molar-refractivity contribution in [2.24, 2.45) is 5.92 Å². The molecule has 1 amide bonds. The molecule has 1 unspecified atom stereocenters. The van der Waals surface area contributed by atoms with Gasteiger partial charge < -0.3 is 10.4 Å². The van der Waals surface area contributed by atoms with E-state index in [1.165, 1.54) is 0 Å². The molecule has 21 heavy (non-hydrogen) atoms. The van der Waals surface area contributed by atoms with Crippen LogP contribution in [0, 0.1) is 5.92 Å². The lowest BCUT2D eigenvalue weighted by atomic mass is 9.87. The fourth-order valence-electron chi connectivity index (χ4n) is 3.08. The molecule has 0 aliphatic heterocycles. The predicted molar refractivity (Wildman–Crippen MR) is 85.5 cm³/mol. The Morgan fingerprint density at radius 1 is 1.29 bits per heavy atom. The van der Waals surface area contributed by atoms with Crippen molar-refractivity contribution >= 4 is 17.5 Å². The molecular weight excluding hydrogens is 286 g/mol. The van der Waals surface area contributed by atoms with Crippen molar-refractivity contribution in [1.29, 1.82) is 0 Å². The number of carbonyl (C=O) groups is 1. The van der Waals surface area contributed by atoms with Crippen LogP contribution in [0.2, 0.25) is 5.02 Å². The Hall–Kier alpha value is -1.06. The number of carbonyl (C=O) groups excluding carboxylic acids is 1. The quantitative estimate of drug-likeness (QED) is 0.874. The molecule has 0 bridgehead atoms. The third-order valence-electron chi connectivity index (χ3n) is 4.30. The van der Waals surface area contributed by atoms with Crippen LogP contribution in [-0.4, -0.2) is 23.2 Å². The van der Waals surface area contributed by atoms with E-state index in [1.54, 1.807) is 0 Å². The molecule has 1 atom stereocenters. The van der Waals surface area contributed by atoms with Crippen molar-refractivity contribution in [3.63, 3.8) is 0 Å². The molecule has 3 nitrogen and oxygen atoms in total. The molecule has 1 aromatic carbocycles. The molecule has 2 rings (SSSR count). The summed E-state index contributed by atoms with van der Waals surface area (Å²) in [5.41, 5.74) is 0.252. The predicted octanol–water partition coefficient (Wildman–Crippen LogP) is 3.50. The summed E-state index contributed by atoms with van der Waals surface area (Å²) in [5.74, 6) is -0.0516. The zero-order valence-electron chi connectivity index (χ0n) is 12.7. The van der Waals surface area contributed by atoms with Gasteiger partial charge in [-0.3, -0.25) is 4.79 Å². The van der Waals surface area contributed by atoms with E-state index in [-0.39, 0.29) is 17.7 Å². The molecule has 1 fully saturated rings. The first kappa shape index (κ1) is 16.3. The van der Waals surface area contributed by atoms with Gasteiger partial charge in [-0.05, 0) is 36.5 Å². The zero-order valence-corrected chi connectivity index (χ0v) is 13.5. The van der Waals surface area contributed by atoms with E-state index < -0.39 is 5.60 Å². The van der Waals surface area contributed by atoms with Crippen molar-refractivity contribution < 1.29 is 9.90 Å². The maximum absolute atomic E-state index is 12.5. The zero-order chi connectivity index (χ0) is 15.5. The molecule has 0 spiro atoms. The lowest BCUT2D eigenvalue weighted by Crippen LogP contribution is -2.43. The average molecular weight is 310 g/mol. The van der Waals surface area contributed by atoms with Gasteiger partial charge in [-0.15, -0.1) is 0 Å². The van der Waals surface area contributed by atoms with Gasteiger partial charge in [-0.1, -0.05) is 50.4 Å². The summed E-state index contributed by atoms with van der Waals surface area (Å²) >= 11 is 5.91. The summed E-state index contributed by atoms with van der Waals surface area (Å²) < 4.78 is 0. The number of aliphatic hydroxyl groups is 1. The fraction of sp³-hybridized carbons (Fsp3) is 0.588. The second-order valence-electron chi connectivity index (χ2n) is 6.42. The third kappa shape index (κ3) is 4.21. The van der Waals surface area contributed by atoms with Crippen LogP contribution < -0.4 is 5.32 Å². The van der Waals surface area contributed by atoms with Crippen LogP contribution in [0.15, 0.2) is 24.3 Å². The van der Waals surface area contributed by atoms with E-state index in [2.05, 4.69) is 5.32 Å². The van der Waals surface area contributed by atoms with E-state index >= 15 is 0 Å². The number of rotatable bonds is 5. The smallest absolute Gasteiger partial charge is 0.227 e. The van der Waals surface area contributed by atoms with Crippen LogP contribution in [0.3, 0.4) is 0 Å². The highest BCUT2D eigenvalue weighted by molar-refractivity contribution is 6.30. The van der Waals surface area contributed by atoms with E-state index in [0.717, 1.165) is 31.2 Å². The van der Waals surface area contributed by atoms with E-state index in [0.29, 0.717) is 11.6 Å². The van der Waals surface area contributed by atoms with Crippen molar-refractivity contribution in [3.8, 4) is 0 Å². The van der Waals surface area contributed by atoms with E-state index in [9.17, 15) is 9.90 Å². The van der Waals surface area contributed by atoms with Gasteiger partial charge in [-0.2, -0.15) is 0 Å². The van der Waals surface area contributed by atoms with Crippen molar-refractivity contribution in [2.75, 3.05) is 6.54 Å². The van der Waals surface area contributed by atoms with Gasteiger partial charge in [0.15, 0.2) is 0 Å². The van der Waals surface area contributed by atoms with Crippen LogP contribution >= 0.6 is 11.6 Å². The number of amides is 1. The Morgan fingerprint density at radius 2 is 1.86 bits per heavy atom. The molecule has 1 saturated carbocycles. The van der Waals surface area contributed by atoms with Gasteiger partial charge in [-0.25, -0.2) is 0 Å². The monoisotopic (exact) mass is 309 g/mol. The Bertz CT molecular complexity index is 478. The molecule has 1 aliphatic rings. The van der Waals surface area contributed by atoms with Gasteiger partial charge >= 0.3 is 0 Å². The van der Waals surface area contributed by atoms with Crippen molar-refractivity contribution in [3.05, 3.63) is 34.9 Å². The summed E-state index contributed by atoms with van der Waals surface area (Å²) in [7, 11) is 0. The largest absolute Gasteiger partial charge is 0.388 e. The van der Waals surface area contributed by atoms with Gasteiger partial charge in [0, 0.05) is 11.6 Å². The molecule has 1 aliphatic carbocycles. The molecule has 116 valence electrons. The van der Waals surface area contributed by atoms with Gasteiger partial charge in [0.05, 0.1) is 11.5 Å². The number of nitrogens with one attached hydrogen (secondary N) is 1. The normalized spacial score (nSPS) is 18.7. The summed E-state index contributed by atoms with van der Waals surface area (Å²) in [5, 5.41) is 13.9. The Labute approximate surface area is 131 Å². The highest BCUT2D eigenvalue weighted by Gasteiger charge is 2.33. The number of benzene rings is 1. The van der Waals surface area contributed by atoms with Crippen LogP contribution in [0.5, 0.6) is 0 Å². The summed E-state index contributed by atoms with van der Waals surface area (Å²) in [6.07, 6.45) is 3.63. The summed E-state index contributed by atoms with van der Waals surface area (Å²) in [6.45, 7) is 4.41. The maximum Gasteiger partial charge on any atom is 0.227 e. The molecule has 4 heteroatoms. The van der Waals surface area contributed by atoms with Crippen LogP contribution in [0.4, 0.5) is 0 Å².